The molecule has 1 amide bonds. The molecule has 0 radical (unpaired) electrons. The second-order valence-corrected chi connectivity index (χ2v) is 6.26. The Labute approximate surface area is 138 Å². The maximum Gasteiger partial charge on any atom is 0.219 e. The molecule has 0 spiro atoms. The molecule has 128 valence electrons. The Morgan fingerprint density at radius 1 is 1.48 bits per heavy atom. The smallest absolute Gasteiger partial charge is 0.219 e. The fraction of sp³-hybridized carbons (Fsp3) is 0.688. The third-order valence-corrected chi connectivity index (χ3v) is 4.36. The van der Waals surface area contributed by atoms with Crippen molar-refractivity contribution in [2.75, 3.05) is 33.7 Å². The number of likely N-dealkylation sites (tertiary alicyclic amines) is 1. The van der Waals surface area contributed by atoms with Gasteiger partial charge in [-0.2, -0.15) is 5.10 Å². The molecule has 2 heterocycles. The summed E-state index contributed by atoms with van der Waals surface area (Å²) in [6, 6.07) is 0. The first-order valence-electron chi connectivity index (χ1n) is 8.14. The summed E-state index contributed by atoms with van der Waals surface area (Å²) in [6.07, 6.45) is 5.99. The van der Waals surface area contributed by atoms with Gasteiger partial charge in [-0.25, -0.2) is 0 Å². The van der Waals surface area contributed by atoms with Gasteiger partial charge in [0.05, 0.1) is 6.20 Å². The number of aryl methyl sites for hydroxylation is 1. The molecule has 23 heavy (non-hydrogen) atoms. The monoisotopic (exact) mass is 320 g/mol. The van der Waals surface area contributed by atoms with Gasteiger partial charge in [0.15, 0.2) is 5.96 Å². The normalized spacial score (nSPS) is 16.5. The molecule has 0 aliphatic carbocycles. The van der Waals surface area contributed by atoms with Crippen LogP contribution in [-0.4, -0.2) is 65.2 Å². The molecule has 1 aromatic rings. The standard InChI is InChI=1S/C16H28N6O/c1-13(23)22-7-5-14(6-8-22)9-18-16(17-2)20(3)11-15-10-19-21(4)12-15/h10,12,14H,5-9,11H2,1-4H3,(H,17,18). The van der Waals surface area contributed by atoms with Crippen molar-refractivity contribution < 1.29 is 4.79 Å². The van der Waals surface area contributed by atoms with Crippen LogP contribution in [0.15, 0.2) is 17.4 Å². The van der Waals surface area contributed by atoms with Crippen LogP contribution in [0.4, 0.5) is 0 Å². The van der Waals surface area contributed by atoms with Crippen molar-refractivity contribution in [3.63, 3.8) is 0 Å². The molecular weight excluding hydrogens is 292 g/mol. The molecule has 1 aromatic heterocycles. The molecule has 0 saturated carbocycles. The number of rotatable bonds is 4. The van der Waals surface area contributed by atoms with Gasteiger partial charge in [0, 0.05) is 66.0 Å². The largest absolute Gasteiger partial charge is 0.356 e. The van der Waals surface area contributed by atoms with Crippen molar-refractivity contribution in [2.24, 2.45) is 18.0 Å². The summed E-state index contributed by atoms with van der Waals surface area (Å²) in [5.41, 5.74) is 1.16. The Bertz CT molecular complexity index is 545. The number of hydrogen-bond acceptors (Lipinski definition) is 3. The molecule has 1 saturated heterocycles. The average Bonchev–Trinajstić information content (AvgIpc) is 2.93. The second-order valence-electron chi connectivity index (χ2n) is 6.26. The van der Waals surface area contributed by atoms with Gasteiger partial charge in [-0.1, -0.05) is 0 Å². The lowest BCUT2D eigenvalue weighted by Gasteiger charge is -2.32. The molecule has 7 nitrogen and oxygen atoms in total. The van der Waals surface area contributed by atoms with E-state index in [4.69, 9.17) is 0 Å². The van der Waals surface area contributed by atoms with Crippen LogP contribution >= 0.6 is 0 Å². The van der Waals surface area contributed by atoms with Crippen LogP contribution in [0, 0.1) is 5.92 Å². The van der Waals surface area contributed by atoms with Crippen molar-refractivity contribution in [1.29, 1.82) is 0 Å². The van der Waals surface area contributed by atoms with Gasteiger partial charge in [0.1, 0.15) is 0 Å². The number of hydrogen-bond donors (Lipinski definition) is 1. The molecule has 1 N–H and O–H groups in total. The fourth-order valence-electron chi connectivity index (χ4n) is 2.97. The summed E-state index contributed by atoms with van der Waals surface area (Å²) in [5, 5.41) is 7.65. The lowest BCUT2D eigenvalue weighted by atomic mass is 9.97. The van der Waals surface area contributed by atoms with Gasteiger partial charge in [-0.3, -0.25) is 14.5 Å². The molecule has 2 rings (SSSR count). The summed E-state index contributed by atoms with van der Waals surface area (Å²) in [5.74, 6) is 1.67. The predicted molar refractivity (Wildman–Crippen MR) is 91.0 cm³/mol. The van der Waals surface area contributed by atoms with Crippen LogP contribution in [0.5, 0.6) is 0 Å². The Morgan fingerprint density at radius 2 is 2.17 bits per heavy atom. The van der Waals surface area contributed by atoms with Gasteiger partial charge in [0.25, 0.3) is 0 Å². The Kier molecular flexibility index (Phi) is 6.01. The zero-order chi connectivity index (χ0) is 16.8. The molecule has 1 aliphatic rings. The van der Waals surface area contributed by atoms with Crippen LogP contribution in [0.2, 0.25) is 0 Å². The van der Waals surface area contributed by atoms with Gasteiger partial charge in [0.2, 0.25) is 5.91 Å². The van der Waals surface area contributed by atoms with E-state index in [2.05, 4.69) is 20.3 Å². The highest BCUT2D eigenvalue weighted by atomic mass is 16.2. The van der Waals surface area contributed by atoms with Gasteiger partial charge < -0.3 is 15.1 Å². The van der Waals surface area contributed by atoms with Crippen LogP contribution in [0.3, 0.4) is 0 Å². The highest BCUT2D eigenvalue weighted by molar-refractivity contribution is 5.79. The fourth-order valence-corrected chi connectivity index (χ4v) is 2.97. The molecule has 1 fully saturated rings. The lowest BCUT2D eigenvalue weighted by Crippen LogP contribution is -2.44. The van der Waals surface area contributed by atoms with Crippen molar-refractivity contribution in [1.82, 2.24) is 24.9 Å². The van der Waals surface area contributed by atoms with Gasteiger partial charge in [-0.15, -0.1) is 0 Å². The van der Waals surface area contributed by atoms with E-state index in [1.807, 2.05) is 36.1 Å². The van der Waals surface area contributed by atoms with Crippen LogP contribution in [0.25, 0.3) is 0 Å². The van der Waals surface area contributed by atoms with E-state index < -0.39 is 0 Å². The lowest BCUT2D eigenvalue weighted by molar-refractivity contribution is -0.130. The number of nitrogens with zero attached hydrogens (tertiary/aromatic N) is 5. The van der Waals surface area contributed by atoms with Crippen molar-refractivity contribution >= 4 is 11.9 Å². The number of amides is 1. The molecule has 0 aromatic carbocycles. The topological polar surface area (TPSA) is 65.8 Å². The molecule has 7 heteroatoms. The molecular formula is C16H28N6O. The van der Waals surface area contributed by atoms with Crippen LogP contribution < -0.4 is 5.32 Å². The number of carbonyl (C=O) groups is 1. The zero-order valence-corrected chi connectivity index (χ0v) is 14.6. The first-order valence-corrected chi connectivity index (χ1v) is 8.14. The van der Waals surface area contributed by atoms with Gasteiger partial charge >= 0.3 is 0 Å². The SMILES string of the molecule is CN=C(NCC1CCN(C(C)=O)CC1)N(C)Cc1cnn(C)c1. The molecule has 0 atom stereocenters. The second kappa shape index (κ2) is 7.99. The van der Waals surface area contributed by atoms with Crippen molar-refractivity contribution in [3.8, 4) is 0 Å². The minimum Gasteiger partial charge on any atom is -0.356 e. The van der Waals surface area contributed by atoms with Crippen LogP contribution in [0.1, 0.15) is 25.3 Å². The summed E-state index contributed by atoms with van der Waals surface area (Å²) in [4.78, 5) is 19.7. The summed E-state index contributed by atoms with van der Waals surface area (Å²) in [6.45, 7) is 5.05. The third-order valence-electron chi connectivity index (χ3n) is 4.36. The number of aromatic nitrogens is 2. The summed E-state index contributed by atoms with van der Waals surface area (Å²) >= 11 is 0. The molecule has 1 aliphatic heterocycles. The first-order chi connectivity index (χ1) is 11.0. The first kappa shape index (κ1) is 17.3. The van der Waals surface area contributed by atoms with Crippen molar-refractivity contribution in [2.45, 2.75) is 26.3 Å². The minimum absolute atomic E-state index is 0.184. The zero-order valence-electron chi connectivity index (χ0n) is 14.6. The van der Waals surface area contributed by atoms with E-state index in [-0.39, 0.29) is 5.91 Å². The molecule has 0 unspecified atom stereocenters. The van der Waals surface area contributed by atoms with Gasteiger partial charge in [-0.05, 0) is 18.8 Å². The number of guanidine groups is 1. The summed E-state index contributed by atoms with van der Waals surface area (Å²) in [7, 11) is 5.76. The highest BCUT2D eigenvalue weighted by Gasteiger charge is 2.21. The average molecular weight is 320 g/mol. The third kappa shape index (κ3) is 4.97. The maximum absolute atomic E-state index is 11.4. The molecule has 0 bridgehead atoms. The maximum atomic E-state index is 11.4. The number of nitrogens with one attached hydrogen (secondary N) is 1. The Balaban J connectivity index is 1.78. The predicted octanol–water partition coefficient (Wildman–Crippen LogP) is 0.686. The van der Waals surface area contributed by atoms with E-state index in [1.54, 1.807) is 14.0 Å². The van der Waals surface area contributed by atoms with Crippen molar-refractivity contribution in [3.05, 3.63) is 18.0 Å². The van der Waals surface area contributed by atoms with Crippen LogP contribution in [-0.2, 0) is 18.4 Å². The number of piperidine rings is 1. The van der Waals surface area contributed by atoms with E-state index in [0.29, 0.717) is 5.92 Å². The summed E-state index contributed by atoms with van der Waals surface area (Å²) < 4.78 is 1.81. The number of carbonyl (C=O) groups excluding carboxylic acids is 1. The van der Waals surface area contributed by atoms with E-state index in [1.165, 1.54) is 0 Å². The number of aliphatic imine (C=N–C) groups is 1. The van der Waals surface area contributed by atoms with E-state index >= 15 is 0 Å². The minimum atomic E-state index is 0.184. The quantitative estimate of drug-likeness (QED) is 0.655. The van der Waals surface area contributed by atoms with E-state index in [9.17, 15) is 4.79 Å². The Morgan fingerprint density at radius 3 is 2.70 bits per heavy atom. The van der Waals surface area contributed by atoms with E-state index in [0.717, 1.165) is 50.5 Å². The Hall–Kier alpha value is -2.05. The highest BCUT2D eigenvalue weighted by Crippen LogP contribution is 2.16.